The molecule has 3 N–H and O–H groups in total. The van der Waals surface area contributed by atoms with Crippen molar-refractivity contribution < 1.29 is 18.7 Å². The maximum absolute atomic E-state index is 13.3. The maximum Gasteiger partial charge on any atom is 0.320 e. The predicted molar refractivity (Wildman–Crippen MR) is 90.0 cm³/mol. The number of hydrogen-bond donors (Lipinski definition) is 3. The number of rotatable bonds is 5. The zero-order valence-corrected chi connectivity index (χ0v) is 14.9. The molecule has 2 saturated carbocycles. The first-order valence-corrected chi connectivity index (χ1v) is 8.77. The number of hydrogen-bond acceptors (Lipinski definition) is 3. The normalized spacial score (nSPS) is 20.7. The molecule has 6 nitrogen and oxygen atoms in total. The Balaban J connectivity index is 1.78. The van der Waals surface area contributed by atoms with Gasteiger partial charge in [-0.2, -0.15) is 5.10 Å². The quantitative estimate of drug-likeness (QED) is 0.758. The van der Waals surface area contributed by atoms with E-state index in [0.29, 0.717) is 11.5 Å². The van der Waals surface area contributed by atoms with Gasteiger partial charge in [0.2, 0.25) is 5.92 Å². The largest absolute Gasteiger partial charge is 0.389 e. The SMILES string of the molecule is Cn1nc(C2CC(F)(F)C2)c(C2CCC2)c1NC(=O)NCC(C)(C)O. The lowest BCUT2D eigenvalue weighted by molar-refractivity contribution is -0.0879. The molecule has 0 atom stereocenters. The summed E-state index contributed by atoms with van der Waals surface area (Å²) in [5.74, 6) is -2.01. The van der Waals surface area contributed by atoms with Gasteiger partial charge in [0.25, 0.3) is 0 Å². The highest BCUT2D eigenvalue weighted by atomic mass is 19.3. The Bertz CT molecular complexity index is 654. The minimum atomic E-state index is -2.60. The second kappa shape index (κ2) is 6.23. The van der Waals surface area contributed by atoms with E-state index in [4.69, 9.17) is 0 Å². The van der Waals surface area contributed by atoms with Crippen LogP contribution in [0.25, 0.3) is 0 Å². The molecule has 0 aromatic carbocycles. The average Bonchev–Trinajstić information content (AvgIpc) is 2.69. The number of nitrogens with one attached hydrogen (secondary N) is 2. The van der Waals surface area contributed by atoms with Crippen LogP contribution >= 0.6 is 0 Å². The van der Waals surface area contributed by atoms with E-state index in [0.717, 1.165) is 24.8 Å². The third-order valence-corrected chi connectivity index (χ3v) is 5.02. The summed E-state index contributed by atoms with van der Waals surface area (Å²) in [5, 5.41) is 19.6. The lowest BCUT2D eigenvalue weighted by Gasteiger charge is -2.36. The first-order valence-electron chi connectivity index (χ1n) is 8.77. The summed E-state index contributed by atoms with van der Waals surface area (Å²) in [6, 6.07) is -0.434. The summed E-state index contributed by atoms with van der Waals surface area (Å²) >= 11 is 0. The molecular formula is C17H26F2N4O2. The number of aromatic nitrogens is 2. The molecule has 0 saturated heterocycles. The summed E-state index contributed by atoms with van der Waals surface area (Å²) in [4.78, 5) is 12.2. The molecular weight excluding hydrogens is 330 g/mol. The van der Waals surface area contributed by atoms with Gasteiger partial charge >= 0.3 is 6.03 Å². The van der Waals surface area contributed by atoms with Crippen molar-refractivity contribution in [1.82, 2.24) is 15.1 Å². The Labute approximate surface area is 146 Å². The highest BCUT2D eigenvalue weighted by molar-refractivity contribution is 5.89. The van der Waals surface area contributed by atoms with Gasteiger partial charge in [-0.15, -0.1) is 0 Å². The minimum Gasteiger partial charge on any atom is -0.389 e. The van der Waals surface area contributed by atoms with Gasteiger partial charge in [0.1, 0.15) is 5.82 Å². The highest BCUT2D eigenvalue weighted by Gasteiger charge is 2.49. The van der Waals surface area contributed by atoms with Gasteiger partial charge in [0, 0.05) is 37.9 Å². The molecule has 1 heterocycles. The van der Waals surface area contributed by atoms with Crippen molar-refractivity contribution >= 4 is 11.8 Å². The van der Waals surface area contributed by atoms with E-state index in [2.05, 4.69) is 15.7 Å². The molecule has 25 heavy (non-hydrogen) atoms. The molecule has 2 aliphatic rings. The van der Waals surface area contributed by atoms with Gasteiger partial charge in [-0.25, -0.2) is 13.6 Å². The van der Waals surface area contributed by atoms with Crippen LogP contribution in [0, 0.1) is 0 Å². The van der Waals surface area contributed by atoms with Crippen LogP contribution in [0.5, 0.6) is 0 Å². The second-order valence-corrected chi connectivity index (χ2v) is 7.98. The molecule has 0 unspecified atom stereocenters. The second-order valence-electron chi connectivity index (χ2n) is 7.98. The number of aryl methyl sites for hydroxylation is 1. The van der Waals surface area contributed by atoms with Crippen molar-refractivity contribution in [3.63, 3.8) is 0 Å². The molecule has 0 bridgehead atoms. The summed E-state index contributed by atoms with van der Waals surface area (Å²) in [6.45, 7) is 3.31. The van der Waals surface area contributed by atoms with Crippen molar-refractivity contribution in [2.75, 3.05) is 11.9 Å². The zero-order chi connectivity index (χ0) is 18.4. The average molecular weight is 356 g/mol. The molecule has 8 heteroatoms. The lowest BCUT2D eigenvalue weighted by atomic mass is 9.73. The number of carbonyl (C=O) groups is 1. The van der Waals surface area contributed by atoms with Crippen molar-refractivity contribution in [3.05, 3.63) is 11.3 Å². The van der Waals surface area contributed by atoms with Crippen molar-refractivity contribution in [1.29, 1.82) is 0 Å². The van der Waals surface area contributed by atoms with Crippen LogP contribution < -0.4 is 10.6 Å². The van der Waals surface area contributed by atoms with E-state index in [-0.39, 0.29) is 31.2 Å². The number of nitrogens with zero attached hydrogens (tertiary/aromatic N) is 2. The number of alkyl halides is 2. The lowest BCUT2D eigenvalue weighted by Crippen LogP contribution is -2.40. The maximum atomic E-state index is 13.3. The number of aliphatic hydroxyl groups is 1. The van der Waals surface area contributed by atoms with E-state index in [1.807, 2.05) is 0 Å². The van der Waals surface area contributed by atoms with Crippen LogP contribution in [0.4, 0.5) is 19.4 Å². The Kier molecular flexibility index (Phi) is 4.51. The van der Waals surface area contributed by atoms with Crippen LogP contribution in [0.15, 0.2) is 0 Å². The molecule has 1 aromatic heterocycles. The van der Waals surface area contributed by atoms with Crippen LogP contribution in [0.1, 0.15) is 69.0 Å². The molecule has 140 valence electrons. The van der Waals surface area contributed by atoms with Gasteiger partial charge in [0.05, 0.1) is 11.3 Å². The topological polar surface area (TPSA) is 79.2 Å². The van der Waals surface area contributed by atoms with Crippen molar-refractivity contribution in [2.24, 2.45) is 7.05 Å². The van der Waals surface area contributed by atoms with Crippen LogP contribution in [-0.2, 0) is 7.05 Å². The van der Waals surface area contributed by atoms with Crippen LogP contribution in [0.3, 0.4) is 0 Å². The fraction of sp³-hybridized carbons (Fsp3) is 0.765. The van der Waals surface area contributed by atoms with E-state index in [1.54, 1.807) is 25.6 Å². The molecule has 3 rings (SSSR count). The molecule has 0 radical (unpaired) electrons. The van der Waals surface area contributed by atoms with Gasteiger partial charge in [-0.05, 0) is 32.6 Å². The van der Waals surface area contributed by atoms with E-state index in [9.17, 15) is 18.7 Å². The Hall–Kier alpha value is -1.70. The molecule has 0 spiro atoms. The zero-order valence-electron chi connectivity index (χ0n) is 14.9. The summed E-state index contributed by atoms with van der Waals surface area (Å²) in [7, 11) is 1.72. The third kappa shape index (κ3) is 3.94. The van der Waals surface area contributed by atoms with Gasteiger partial charge in [-0.1, -0.05) is 6.42 Å². The number of urea groups is 1. The van der Waals surface area contributed by atoms with Gasteiger partial charge in [0.15, 0.2) is 0 Å². The predicted octanol–water partition coefficient (Wildman–Crippen LogP) is 3.09. The highest BCUT2D eigenvalue weighted by Crippen LogP contribution is 2.52. The van der Waals surface area contributed by atoms with Gasteiger partial charge in [-0.3, -0.25) is 10.00 Å². The Morgan fingerprint density at radius 2 is 2.00 bits per heavy atom. The van der Waals surface area contributed by atoms with Crippen LogP contribution in [-0.4, -0.2) is 39.0 Å². The molecule has 1 aromatic rings. The summed E-state index contributed by atoms with van der Waals surface area (Å²) in [5.41, 5.74) is 0.604. The molecule has 2 amide bonds. The van der Waals surface area contributed by atoms with E-state index in [1.165, 1.54) is 0 Å². The number of carbonyl (C=O) groups excluding carboxylic acids is 1. The minimum absolute atomic E-state index is 0.108. The van der Waals surface area contributed by atoms with Crippen molar-refractivity contribution in [2.45, 2.75) is 69.3 Å². The third-order valence-electron chi connectivity index (χ3n) is 5.02. The summed E-state index contributed by atoms with van der Waals surface area (Å²) in [6.07, 6.45) is 2.73. The molecule has 2 fully saturated rings. The first-order chi connectivity index (χ1) is 11.6. The van der Waals surface area contributed by atoms with E-state index < -0.39 is 17.6 Å². The monoisotopic (exact) mass is 356 g/mol. The summed E-state index contributed by atoms with van der Waals surface area (Å²) < 4.78 is 28.2. The van der Waals surface area contributed by atoms with Crippen molar-refractivity contribution in [3.8, 4) is 0 Å². The molecule has 0 aliphatic heterocycles. The van der Waals surface area contributed by atoms with E-state index >= 15 is 0 Å². The fourth-order valence-corrected chi connectivity index (χ4v) is 3.41. The Morgan fingerprint density at radius 3 is 2.48 bits per heavy atom. The number of anilines is 1. The smallest absolute Gasteiger partial charge is 0.320 e. The Morgan fingerprint density at radius 1 is 1.36 bits per heavy atom. The standard InChI is InChI=1S/C17H26F2N4O2/c1-16(2,25)9-20-15(24)21-14-12(10-5-4-6-10)13(22-23(14)3)11-7-17(18,19)8-11/h10-11,25H,4-9H2,1-3H3,(H2,20,21,24). The van der Waals surface area contributed by atoms with Crippen LogP contribution in [0.2, 0.25) is 0 Å². The first kappa shape index (κ1) is 18.1. The number of halogens is 2. The van der Waals surface area contributed by atoms with Gasteiger partial charge < -0.3 is 10.4 Å². The fourth-order valence-electron chi connectivity index (χ4n) is 3.41. The number of amides is 2. The molecule has 2 aliphatic carbocycles.